The van der Waals surface area contributed by atoms with E-state index in [4.69, 9.17) is 4.74 Å². The fourth-order valence-corrected chi connectivity index (χ4v) is 4.11. The highest BCUT2D eigenvalue weighted by molar-refractivity contribution is 5.94. The van der Waals surface area contributed by atoms with Gasteiger partial charge in [0.05, 0.1) is 12.7 Å². The highest BCUT2D eigenvalue weighted by Crippen LogP contribution is 2.28. The monoisotopic (exact) mass is 398 g/mol. The van der Waals surface area contributed by atoms with Crippen LogP contribution in [0.25, 0.3) is 0 Å². The molecule has 0 N–H and O–H groups in total. The molecule has 1 fully saturated rings. The van der Waals surface area contributed by atoms with E-state index in [9.17, 15) is 9.59 Å². The molecule has 0 saturated carbocycles. The van der Waals surface area contributed by atoms with Crippen molar-refractivity contribution in [1.29, 1.82) is 0 Å². The summed E-state index contributed by atoms with van der Waals surface area (Å²) in [6.07, 6.45) is 4.03. The molecule has 9 nitrogen and oxygen atoms in total. The molecule has 0 atom stereocenters. The number of ether oxygens (including phenoxy) is 1. The molecule has 0 radical (unpaired) electrons. The van der Waals surface area contributed by atoms with Gasteiger partial charge in [0, 0.05) is 64.2 Å². The van der Waals surface area contributed by atoms with Crippen molar-refractivity contribution in [3.8, 4) is 5.88 Å². The number of aromatic nitrogens is 4. The topological polar surface area (TPSA) is 93.5 Å². The molecular formula is C20H26N6O3. The largest absolute Gasteiger partial charge is 0.481 e. The lowest BCUT2D eigenvalue weighted by Gasteiger charge is -2.31. The van der Waals surface area contributed by atoms with Gasteiger partial charge in [0.15, 0.2) is 0 Å². The Morgan fingerprint density at radius 3 is 2.48 bits per heavy atom. The third kappa shape index (κ3) is 3.94. The van der Waals surface area contributed by atoms with Gasteiger partial charge in [-0.25, -0.2) is 4.98 Å². The molecule has 0 spiro atoms. The van der Waals surface area contributed by atoms with Gasteiger partial charge < -0.3 is 19.1 Å². The fraction of sp³-hybridized carbons (Fsp3) is 0.550. The van der Waals surface area contributed by atoms with Crippen molar-refractivity contribution in [2.75, 3.05) is 33.3 Å². The van der Waals surface area contributed by atoms with E-state index < -0.39 is 0 Å². The molecule has 2 aromatic rings. The maximum Gasteiger partial charge on any atom is 0.255 e. The van der Waals surface area contributed by atoms with Gasteiger partial charge in [-0.05, 0) is 18.9 Å². The quantitative estimate of drug-likeness (QED) is 0.769. The second-order valence-electron chi connectivity index (χ2n) is 7.54. The Labute approximate surface area is 169 Å². The van der Waals surface area contributed by atoms with Crippen molar-refractivity contribution in [2.45, 2.75) is 38.6 Å². The van der Waals surface area contributed by atoms with Gasteiger partial charge >= 0.3 is 0 Å². The number of piperidine rings is 1. The maximum absolute atomic E-state index is 12.9. The Kier molecular flexibility index (Phi) is 5.46. The lowest BCUT2D eigenvalue weighted by Crippen LogP contribution is -2.37. The summed E-state index contributed by atoms with van der Waals surface area (Å²) in [6, 6.07) is 3.44. The van der Waals surface area contributed by atoms with Gasteiger partial charge in [0.1, 0.15) is 11.6 Å². The van der Waals surface area contributed by atoms with Gasteiger partial charge in [0.2, 0.25) is 11.8 Å². The van der Waals surface area contributed by atoms with Crippen molar-refractivity contribution >= 4 is 11.8 Å². The Morgan fingerprint density at radius 2 is 1.83 bits per heavy atom. The van der Waals surface area contributed by atoms with Crippen LogP contribution in [0.1, 0.15) is 47.7 Å². The molecule has 2 aliphatic heterocycles. The number of hydrogen-bond acceptors (Lipinski definition) is 6. The summed E-state index contributed by atoms with van der Waals surface area (Å²) in [7, 11) is 1.55. The minimum atomic E-state index is -0.0322. The summed E-state index contributed by atoms with van der Waals surface area (Å²) < 4.78 is 7.23. The number of rotatable bonds is 3. The number of carbonyl (C=O) groups is 2. The average molecular weight is 398 g/mol. The summed E-state index contributed by atoms with van der Waals surface area (Å²) in [4.78, 5) is 32.3. The molecule has 4 heterocycles. The lowest BCUT2D eigenvalue weighted by molar-refractivity contribution is -0.129. The highest BCUT2D eigenvalue weighted by atomic mass is 16.5. The molecule has 29 heavy (non-hydrogen) atoms. The maximum atomic E-state index is 12.9. The predicted octanol–water partition coefficient (Wildman–Crippen LogP) is 1.11. The summed E-state index contributed by atoms with van der Waals surface area (Å²) in [5.41, 5.74) is 0.556. The van der Waals surface area contributed by atoms with Crippen molar-refractivity contribution in [3.05, 3.63) is 35.5 Å². The molecule has 154 valence electrons. The first-order valence-electron chi connectivity index (χ1n) is 10.0. The number of pyridine rings is 1. The Bertz CT molecular complexity index is 886. The fourth-order valence-electron chi connectivity index (χ4n) is 4.11. The molecule has 0 aliphatic carbocycles. The van der Waals surface area contributed by atoms with Crippen molar-refractivity contribution < 1.29 is 14.3 Å². The molecule has 9 heteroatoms. The van der Waals surface area contributed by atoms with E-state index in [-0.39, 0.29) is 11.8 Å². The van der Waals surface area contributed by atoms with E-state index in [1.807, 2.05) is 9.80 Å². The first-order valence-corrected chi connectivity index (χ1v) is 10.0. The molecule has 0 unspecified atom stereocenters. The zero-order valence-corrected chi connectivity index (χ0v) is 16.9. The smallest absolute Gasteiger partial charge is 0.255 e. The summed E-state index contributed by atoms with van der Waals surface area (Å²) in [6.45, 7) is 5.03. The summed E-state index contributed by atoms with van der Waals surface area (Å²) in [5, 5.41) is 8.86. The average Bonchev–Trinajstić information content (AvgIpc) is 3.04. The molecule has 2 aliphatic rings. The lowest BCUT2D eigenvalue weighted by atomic mass is 9.96. The number of nitrogens with zero attached hydrogens (tertiary/aromatic N) is 6. The highest BCUT2D eigenvalue weighted by Gasteiger charge is 2.29. The first kappa shape index (κ1) is 19.4. The number of hydrogen-bond donors (Lipinski definition) is 0. The van der Waals surface area contributed by atoms with Crippen molar-refractivity contribution in [2.24, 2.45) is 0 Å². The zero-order valence-electron chi connectivity index (χ0n) is 16.9. The van der Waals surface area contributed by atoms with Gasteiger partial charge in [-0.3, -0.25) is 9.59 Å². The van der Waals surface area contributed by atoms with E-state index in [0.29, 0.717) is 43.4 Å². The van der Waals surface area contributed by atoms with Crippen LogP contribution >= 0.6 is 0 Å². The van der Waals surface area contributed by atoms with Crippen LogP contribution in [0.15, 0.2) is 18.3 Å². The molecule has 0 aromatic carbocycles. The minimum absolute atomic E-state index is 0.0322. The van der Waals surface area contributed by atoms with Crippen LogP contribution in [-0.4, -0.2) is 74.7 Å². The number of carbonyl (C=O) groups excluding carboxylic acids is 2. The van der Waals surface area contributed by atoms with E-state index >= 15 is 0 Å². The Hall–Kier alpha value is -2.97. The van der Waals surface area contributed by atoms with E-state index in [0.717, 1.165) is 37.6 Å². The van der Waals surface area contributed by atoms with E-state index in [1.165, 1.54) is 0 Å². The summed E-state index contributed by atoms with van der Waals surface area (Å²) >= 11 is 0. The number of methoxy groups -OCH3 is 1. The molecule has 1 saturated heterocycles. The minimum Gasteiger partial charge on any atom is -0.481 e. The van der Waals surface area contributed by atoms with Crippen LogP contribution < -0.4 is 4.74 Å². The van der Waals surface area contributed by atoms with Gasteiger partial charge in [0.25, 0.3) is 5.91 Å². The normalized spacial score (nSPS) is 17.6. The third-order valence-corrected chi connectivity index (χ3v) is 5.84. The van der Waals surface area contributed by atoms with Crippen LogP contribution in [0.3, 0.4) is 0 Å². The molecule has 4 rings (SSSR count). The van der Waals surface area contributed by atoms with Crippen molar-refractivity contribution in [1.82, 2.24) is 29.5 Å². The first-order chi connectivity index (χ1) is 14.1. The van der Waals surface area contributed by atoms with Crippen molar-refractivity contribution in [3.63, 3.8) is 0 Å². The molecular weight excluding hydrogens is 372 g/mol. The Morgan fingerprint density at radius 1 is 1.03 bits per heavy atom. The Balaban J connectivity index is 1.43. The van der Waals surface area contributed by atoms with Crippen LogP contribution in [0.2, 0.25) is 0 Å². The van der Waals surface area contributed by atoms with E-state index in [1.54, 1.807) is 32.4 Å². The third-order valence-electron chi connectivity index (χ3n) is 5.84. The number of amides is 2. The van der Waals surface area contributed by atoms with Gasteiger partial charge in [-0.15, -0.1) is 10.2 Å². The van der Waals surface area contributed by atoms with Crippen LogP contribution in [0.4, 0.5) is 0 Å². The molecule has 0 bridgehead atoms. The SMILES string of the molecule is COc1ccc(C(=O)N2CCc3nnc(C4CCN(C(C)=O)CC4)n3CC2)cn1. The number of likely N-dealkylation sites (tertiary alicyclic amines) is 1. The van der Waals surface area contributed by atoms with Crippen LogP contribution in [-0.2, 0) is 17.8 Å². The molecule has 2 aromatic heterocycles. The van der Waals surface area contributed by atoms with Crippen LogP contribution in [0.5, 0.6) is 5.88 Å². The standard InChI is InChI=1S/C20H26N6O3/c1-14(27)24-8-5-15(6-9-24)19-23-22-17-7-10-25(11-12-26(17)19)20(28)16-3-4-18(29-2)21-13-16/h3-4,13,15H,5-12H2,1-2H3. The zero-order chi connectivity index (χ0) is 20.4. The predicted molar refractivity (Wildman–Crippen MR) is 105 cm³/mol. The summed E-state index contributed by atoms with van der Waals surface area (Å²) in [5.74, 6) is 2.81. The van der Waals surface area contributed by atoms with Gasteiger partial charge in [-0.2, -0.15) is 0 Å². The second-order valence-corrected chi connectivity index (χ2v) is 7.54. The van der Waals surface area contributed by atoms with Crippen LogP contribution in [0, 0.1) is 0 Å². The number of fused-ring (bicyclic) bond motifs is 1. The van der Waals surface area contributed by atoms with Gasteiger partial charge in [-0.1, -0.05) is 0 Å². The second kappa shape index (κ2) is 8.18. The van der Waals surface area contributed by atoms with E-state index in [2.05, 4.69) is 19.7 Å². The molecule has 2 amide bonds.